The van der Waals surface area contributed by atoms with Crippen LogP contribution in [0.2, 0.25) is 5.02 Å². The zero-order chi connectivity index (χ0) is 22.2. The third-order valence-corrected chi connectivity index (χ3v) is 7.04. The van der Waals surface area contributed by atoms with E-state index >= 15 is 0 Å². The number of rotatable bonds is 4. The molecular formula is C25H30ClN5O. The molecule has 168 valence electrons. The van der Waals surface area contributed by atoms with Crippen LogP contribution in [0.3, 0.4) is 0 Å². The number of aromatic nitrogens is 2. The summed E-state index contributed by atoms with van der Waals surface area (Å²) in [5.74, 6) is 1.05. The fourth-order valence-corrected chi connectivity index (χ4v) is 5.22. The molecule has 0 saturated carbocycles. The van der Waals surface area contributed by atoms with Crippen LogP contribution in [-0.2, 0) is 13.0 Å². The summed E-state index contributed by atoms with van der Waals surface area (Å²) in [5, 5.41) is 3.05. The Bertz CT molecular complexity index is 1120. The molecule has 7 heteroatoms. The molecule has 2 aliphatic rings. The van der Waals surface area contributed by atoms with Crippen LogP contribution >= 0.6 is 11.6 Å². The van der Waals surface area contributed by atoms with Crippen molar-refractivity contribution in [1.82, 2.24) is 14.9 Å². The van der Waals surface area contributed by atoms with Gasteiger partial charge in [-0.3, -0.25) is 4.90 Å². The highest BCUT2D eigenvalue weighted by Gasteiger charge is 2.28. The minimum Gasteiger partial charge on any atom is -0.467 e. The number of nitrogens with zero attached hydrogens (tertiary/aromatic N) is 5. The van der Waals surface area contributed by atoms with Gasteiger partial charge < -0.3 is 14.5 Å². The van der Waals surface area contributed by atoms with Gasteiger partial charge in [0.1, 0.15) is 5.82 Å². The van der Waals surface area contributed by atoms with Gasteiger partial charge in [-0.2, -0.15) is 9.97 Å². The van der Waals surface area contributed by atoms with Gasteiger partial charge in [-0.05, 0) is 37.8 Å². The number of methoxy groups -OCH3 is 1. The molecule has 3 heterocycles. The molecule has 0 amide bonds. The SMILES string of the molecule is COc1nc2c(c(N3CCN(C(C)C)CC3)n1)CCN(c1cccc3cccc(Cl)c13)C2. The molecule has 5 rings (SSSR count). The number of hydrogen-bond donors (Lipinski definition) is 0. The Hall–Kier alpha value is -2.57. The highest BCUT2D eigenvalue weighted by molar-refractivity contribution is 6.36. The number of halogens is 1. The van der Waals surface area contributed by atoms with Crippen LogP contribution in [0.1, 0.15) is 25.1 Å². The predicted molar refractivity (Wildman–Crippen MR) is 131 cm³/mol. The van der Waals surface area contributed by atoms with E-state index in [1.807, 2.05) is 12.1 Å². The molecule has 2 aromatic carbocycles. The molecule has 0 spiro atoms. The Morgan fingerprint density at radius 1 is 0.938 bits per heavy atom. The van der Waals surface area contributed by atoms with Crippen LogP contribution < -0.4 is 14.5 Å². The topological polar surface area (TPSA) is 44.7 Å². The highest BCUT2D eigenvalue weighted by Crippen LogP contribution is 2.37. The molecule has 0 bridgehead atoms. The van der Waals surface area contributed by atoms with Crippen LogP contribution in [-0.4, -0.2) is 60.7 Å². The zero-order valence-electron chi connectivity index (χ0n) is 19.0. The standard InChI is InChI=1S/C25H30ClN5O/c1-17(2)29-12-14-30(15-13-29)24-19-10-11-31(16-21(19)27-25(28-24)32-3)22-9-5-7-18-6-4-8-20(26)23(18)22/h4-9,17H,10-16H2,1-3H3. The Morgan fingerprint density at radius 2 is 1.69 bits per heavy atom. The average molecular weight is 452 g/mol. The lowest BCUT2D eigenvalue weighted by molar-refractivity contribution is 0.208. The molecule has 1 aromatic heterocycles. The summed E-state index contributed by atoms with van der Waals surface area (Å²) < 4.78 is 5.50. The van der Waals surface area contributed by atoms with E-state index in [9.17, 15) is 0 Å². The van der Waals surface area contributed by atoms with Crippen LogP contribution in [0.4, 0.5) is 11.5 Å². The smallest absolute Gasteiger partial charge is 0.318 e. The summed E-state index contributed by atoms with van der Waals surface area (Å²) in [6, 6.07) is 13.5. The van der Waals surface area contributed by atoms with Gasteiger partial charge in [0.25, 0.3) is 0 Å². The fraction of sp³-hybridized carbons (Fsp3) is 0.440. The van der Waals surface area contributed by atoms with Gasteiger partial charge in [0.2, 0.25) is 0 Å². The second-order valence-electron chi connectivity index (χ2n) is 8.86. The van der Waals surface area contributed by atoms with Gasteiger partial charge in [0.05, 0.1) is 24.4 Å². The maximum Gasteiger partial charge on any atom is 0.318 e. The molecule has 1 fully saturated rings. The Morgan fingerprint density at radius 3 is 2.41 bits per heavy atom. The monoisotopic (exact) mass is 451 g/mol. The van der Waals surface area contributed by atoms with Crippen LogP contribution in [0.25, 0.3) is 10.8 Å². The van der Waals surface area contributed by atoms with Crippen molar-refractivity contribution in [2.24, 2.45) is 0 Å². The van der Waals surface area contributed by atoms with Gasteiger partial charge in [-0.1, -0.05) is 35.9 Å². The summed E-state index contributed by atoms with van der Waals surface area (Å²) >= 11 is 6.61. The largest absolute Gasteiger partial charge is 0.467 e. The van der Waals surface area contributed by atoms with Crippen molar-refractivity contribution in [3.63, 3.8) is 0 Å². The number of anilines is 2. The molecule has 6 nitrogen and oxygen atoms in total. The normalized spacial score (nSPS) is 17.2. The Kier molecular flexibility index (Phi) is 5.82. The molecule has 2 aliphatic heterocycles. The lowest BCUT2D eigenvalue weighted by atomic mass is 10.0. The zero-order valence-corrected chi connectivity index (χ0v) is 19.8. The first kappa shape index (κ1) is 21.3. The number of fused-ring (bicyclic) bond motifs is 2. The maximum atomic E-state index is 6.61. The molecule has 0 N–H and O–H groups in total. The molecule has 1 saturated heterocycles. The molecule has 3 aromatic rings. The van der Waals surface area contributed by atoms with Crippen LogP contribution in [0, 0.1) is 0 Å². The van der Waals surface area contributed by atoms with Gasteiger partial charge in [-0.15, -0.1) is 0 Å². The minimum atomic E-state index is 0.447. The van der Waals surface area contributed by atoms with Gasteiger partial charge >= 0.3 is 6.01 Å². The van der Waals surface area contributed by atoms with Crippen molar-refractivity contribution < 1.29 is 4.74 Å². The number of hydrogen-bond acceptors (Lipinski definition) is 6. The van der Waals surface area contributed by atoms with Crippen LogP contribution in [0.15, 0.2) is 36.4 Å². The third-order valence-electron chi connectivity index (χ3n) is 6.72. The molecule has 0 radical (unpaired) electrons. The summed E-state index contributed by atoms with van der Waals surface area (Å²) in [5.41, 5.74) is 3.46. The van der Waals surface area contributed by atoms with Gasteiger partial charge in [-0.25, -0.2) is 0 Å². The van der Waals surface area contributed by atoms with Crippen molar-refractivity contribution in [3.8, 4) is 6.01 Å². The van der Waals surface area contributed by atoms with E-state index in [1.165, 1.54) is 5.56 Å². The van der Waals surface area contributed by atoms with Crippen molar-refractivity contribution in [3.05, 3.63) is 52.7 Å². The van der Waals surface area contributed by atoms with Crippen molar-refractivity contribution >= 4 is 33.9 Å². The molecule has 32 heavy (non-hydrogen) atoms. The Labute approximate surface area is 194 Å². The maximum absolute atomic E-state index is 6.61. The molecule has 0 aliphatic carbocycles. The Balaban J connectivity index is 1.48. The molecule has 0 atom stereocenters. The lowest BCUT2D eigenvalue weighted by Gasteiger charge is -2.39. The van der Waals surface area contributed by atoms with Crippen molar-refractivity contribution in [2.75, 3.05) is 49.6 Å². The summed E-state index contributed by atoms with van der Waals surface area (Å²) in [7, 11) is 1.65. The second-order valence-corrected chi connectivity index (χ2v) is 9.27. The summed E-state index contributed by atoms with van der Waals surface area (Å²) in [4.78, 5) is 16.9. The summed E-state index contributed by atoms with van der Waals surface area (Å²) in [6.07, 6.45) is 0.903. The van der Waals surface area contributed by atoms with Gasteiger partial charge in [0.15, 0.2) is 0 Å². The number of piperazine rings is 1. The van der Waals surface area contributed by atoms with E-state index in [0.717, 1.165) is 78.7 Å². The number of benzene rings is 2. The number of ether oxygens (including phenoxy) is 1. The second kappa shape index (κ2) is 8.75. The van der Waals surface area contributed by atoms with E-state index in [-0.39, 0.29) is 0 Å². The van der Waals surface area contributed by atoms with E-state index in [0.29, 0.717) is 12.1 Å². The highest BCUT2D eigenvalue weighted by atomic mass is 35.5. The van der Waals surface area contributed by atoms with Crippen LogP contribution in [0.5, 0.6) is 6.01 Å². The lowest BCUT2D eigenvalue weighted by Crippen LogP contribution is -2.49. The van der Waals surface area contributed by atoms with E-state index in [1.54, 1.807) is 7.11 Å². The predicted octanol–water partition coefficient (Wildman–Crippen LogP) is 4.38. The van der Waals surface area contributed by atoms with Crippen molar-refractivity contribution in [1.29, 1.82) is 0 Å². The first-order valence-corrected chi connectivity index (χ1v) is 11.8. The average Bonchev–Trinajstić information content (AvgIpc) is 2.83. The van der Waals surface area contributed by atoms with E-state index in [4.69, 9.17) is 26.3 Å². The quantitative estimate of drug-likeness (QED) is 0.586. The molecule has 0 unspecified atom stereocenters. The van der Waals surface area contributed by atoms with E-state index in [2.05, 4.69) is 52.8 Å². The van der Waals surface area contributed by atoms with Crippen molar-refractivity contribution in [2.45, 2.75) is 32.9 Å². The third kappa shape index (κ3) is 3.86. The first-order chi connectivity index (χ1) is 15.5. The molecular weight excluding hydrogens is 422 g/mol. The summed E-state index contributed by atoms with van der Waals surface area (Å²) in [6.45, 7) is 10.2. The first-order valence-electron chi connectivity index (χ1n) is 11.4. The minimum absolute atomic E-state index is 0.447. The fourth-order valence-electron chi connectivity index (χ4n) is 4.94. The van der Waals surface area contributed by atoms with Gasteiger partial charge in [0, 0.05) is 55.4 Å². The van der Waals surface area contributed by atoms with E-state index < -0.39 is 0 Å².